The van der Waals surface area contributed by atoms with E-state index in [0.717, 1.165) is 21.2 Å². The number of anilines is 2. The summed E-state index contributed by atoms with van der Waals surface area (Å²) in [6.45, 7) is 8.33. The van der Waals surface area contributed by atoms with Crippen LogP contribution in [0.15, 0.2) is 58.9 Å². The fourth-order valence-electron chi connectivity index (χ4n) is 3.02. The minimum atomic E-state index is 0. The van der Waals surface area contributed by atoms with Gasteiger partial charge >= 0.3 is 21.1 Å². The third-order valence-corrected chi connectivity index (χ3v) is 5.14. The molecule has 0 aliphatic carbocycles. The molecule has 6 heteroatoms. The summed E-state index contributed by atoms with van der Waals surface area (Å²) in [7, 11) is 4.04. The second kappa shape index (κ2) is 8.67. The second-order valence-corrected chi connectivity index (χ2v) is 7.97. The van der Waals surface area contributed by atoms with Crippen molar-refractivity contribution in [3.63, 3.8) is 0 Å². The van der Waals surface area contributed by atoms with E-state index in [9.17, 15) is 0 Å². The number of nitrogens with zero attached hydrogens (tertiary/aromatic N) is 4. The van der Waals surface area contributed by atoms with Crippen LogP contribution >= 0.6 is 11.8 Å². The molecule has 2 aromatic rings. The van der Waals surface area contributed by atoms with E-state index in [0.29, 0.717) is 0 Å². The summed E-state index contributed by atoms with van der Waals surface area (Å²) in [5, 5.41) is 0. The fraction of sp³-hybridized carbons (Fsp3) is 0.182. The van der Waals surface area contributed by atoms with Gasteiger partial charge in [-0.1, -0.05) is 13.8 Å². The van der Waals surface area contributed by atoms with Crippen LogP contribution in [0.5, 0.6) is 0 Å². The zero-order valence-corrected chi connectivity index (χ0v) is 19.4. The maximum absolute atomic E-state index is 3.53. The van der Waals surface area contributed by atoms with Gasteiger partial charge in [0.15, 0.2) is 0 Å². The van der Waals surface area contributed by atoms with Crippen LogP contribution in [0.4, 0.5) is 11.4 Å². The Morgan fingerprint density at radius 1 is 0.714 bits per heavy atom. The molecule has 4 nitrogen and oxygen atoms in total. The molecule has 0 bridgehead atoms. The van der Waals surface area contributed by atoms with Crippen LogP contribution < -0.4 is 9.80 Å². The summed E-state index contributed by atoms with van der Waals surface area (Å²) < 4.78 is 0. The molecule has 146 valence electrons. The van der Waals surface area contributed by atoms with Crippen LogP contribution in [0, 0.1) is 39.3 Å². The van der Waals surface area contributed by atoms with Crippen molar-refractivity contribution in [3.8, 4) is 0 Å². The standard InChI is InChI=1S/C22H22N4S.Pt/c1-17-9-19(25-7-5-23(3)15-25)13-21(11-17)27-22-12-18(2)10-20(14-22)26-8-6-24(4)16-26;/h5-12,15-16H,1-4H3;/q-4;+4. The van der Waals surface area contributed by atoms with Crippen LogP contribution in [0.3, 0.4) is 0 Å². The molecule has 0 aromatic heterocycles. The Kier molecular flexibility index (Phi) is 6.46. The summed E-state index contributed by atoms with van der Waals surface area (Å²) in [4.78, 5) is 10.4. The van der Waals surface area contributed by atoms with E-state index in [4.69, 9.17) is 0 Å². The molecule has 0 spiro atoms. The number of hydrogen-bond acceptors (Lipinski definition) is 5. The summed E-state index contributed by atoms with van der Waals surface area (Å²) in [5.41, 5.74) is 4.52. The third kappa shape index (κ3) is 4.76. The van der Waals surface area contributed by atoms with Crippen molar-refractivity contribution in [2.45, 2.75) is 23.6 Å². The Morgan fingerprint density at radius 3 is 1.50 bits per heavy atom. The molecule has 0 amide bonds. The molecule has 0 saturated carbocycles. The quantitative estimate of drug-likeness (QED) is 0.493. The molecule has 0 atom stereocenters. The van der Waals surface area contributed by atoms with Gasteiger partial charge in [0.25, 0.3) is 0 Å². The summed E-state index contributed by atoms with van der Waals surface area (Å²) in [5.74, 6) is 0. The zero-order chi connectivity index (χ0) is 19.0. The second-order valence-electron chi connectivity index (χ2n) is 6.89. The van der Waals surface area contributed by atoms with Gasteiger partial charge in [0.05, 0.1) is 0 Å². The first-order valence-electron chi connectivity index (χ1n) is 8.79. The molecule has 2 aliphatic rings. The van der Waals surface area contributed by atoms with Crippen molar-refractivity contribution in [2.75, 3.05) is 23.9 Å². The molecule has 0 fully saturated rings. The van der Waals surface area contributed by atoms with Gasteiger partial charge in [0.2, 0.25) is 0 Å². The first-order chi connectivity index (χ1) is 13.0. The Bertz CT molecular complexity index is 838. The van der Waals surface area contributed by atoms with Gasteiger partial charge in [-0.25, -0.2) is 0 Å². The Labute approximate surface area is 186 Å². The van der Waals surface area contributed by atoms with Gasteiger partial charge in [-0.05, 0) is 38.9 Å². The van der Waals surface area contributed by atoms with Crippen LogP contribution in [0.25, 0.3) is 0 Å². The van der Waals surface area contributed by atoms with Crippen molar-refractivity contribution in [1.29, 1.82) is 0 Å². The van der Waals surface area contributed by atoms with Crippen LogP contribution in [-0.2, 0) is 21.1 Å². The topological polar surface area (TPSA) is 13.0 Å². The molecule has 0 radical (unpaired) electrons. The maximum Gasteiger partial charge on any atom is 4.00 e. The van der Waals surface area contributed by atoms with E-state index in [-0.39, 0.29) is 21.1 Å². The molecule has 2 heterocycles. The van der Waals surface area contributed by atoms with Gasteiger partial charge in [-0.15, -0.1) is 57.2 Å². The van der Waals surface area contributed by atoms with E-state index in [1.54, 1.807) is 11.8 Å². The predicted molar refractivity (Wildman–Crippen MR) is 112 cm³/mol. The van der Waals surface area contributed by atoms with E-state index in [1.165, 1.54) is 11.1 Å². The normalized spacial score (nSPS) is 15.6. The average molecular weight is 570 g/mol. The first kappa shape index (κ1) is 20.9. The van der Waals surface area contributed by atoms with Crippen molar-refractivity contribution >= 4 is 23.1 Å². The zero-order valence-electron chi connectivity index (χ0n) is 16.3. The molecule has 2 aliphatic heterocycles. The van der Waals surface area contributed by atoms with Crippen molar-refractivity contribution in [3.05, 3.63) is 85.7 Å². The minimum Gasteiger partial charge on any atom is -0.510 e. The largest absolute Gasteiger partial charge is 4.00 e. The smallest absolute Gasteiger partial charge is 0.510 e. The van der Waals surface area contributed by atoms with Gasteiger partial charge in [-0.2, -0.15) is 36.6 Å². The van der Waals surface area contributed by atoms with Gasteiger partial charge < -0.3 is 19.6 Å². The molecule has 28 heavy (non-hydrogen) atoms. The van der Waals surface area contributed by atoms with Crippen molar-refractivity contribution < 1.29 is 21.1 Å². The minimum absolute atomic E-state index is 0. The predicted octanol–water partition coefficient (Wildman–Crippen LogP) is 4.74. The Hall–Kier alpha value is -1.84. The molecule has 0 unspecified atom stereocenters. The maximum atomic E-state index is 3.53. The number of hydrogen-bond donors (Lipinski definition) is 0. The monoisotopic (exact) mass is 569 g/mol. The molecule has 0 saturated heterocycles. The first-order valence-corrected chi connectivity index (χ1v) is 9.61. The van der Waals surface area contributed by atoms with E-state index in [2.05, 4.69) is 60.0 Å². The molecule has 0 N–H and O–H groups in total. The summed E-state index contributed by atoms with van der Waals surface area (Å²) in [6.07, 6.45) is 8.15. The molecular weight excluding hydrogens is 547 g/mol. The molecule has 4 rings (SSSR count). The Morgan fingerprint density at radius 2 is 1.14 bits per heavy atom. The van der Waals surface area contributed by atoms with E-state index < -0.39 is 0 Å². The van der Waals surface area contributed by atoms with Gasteiger partial charge in [0, 0.05) is 0 Å². The molecular formula is C22H22N4PtS. The van der Waals surface area contributed by atoms with Crippen LogP contribution in [0.2, 0.25) is 0 Å². The fourth-order valence-corrected chi connectivity index (χ4v) is 4.05. The van der Waals surface area contributed by atoms with E-state index >= 15 is 0 Å². The summed E-state index contributed by atoms with van der Waals surface area (Å²) in [6, 6.07) is 15.7. The van der Waals surface area contributed by atoms with Gasteiger partial charge in [-0.3, -0.25) is 0 Å². The van der Waals surface area contributed by atoms with Crippen LogP contribution in [-0.4, -0.2) is 23.9 Å². The Balaban J connectivity index is 0.00000225. The molecule has 2 aromatic carbocycles. The van der Waals surface area contributed by atoms with E-state index in [1.807, 2.05) is 62.0 Å². The SMILES string of the molecule is Cc1cc(Sc2[c-]c(N3C=CN(C)[CH-]3)cc(C)c2)[c-]c(N2C=CN(C)[CH-]2)c1.[Pt+4]. The average Bonchev–Trinajstić information content (AvgIpc) is 3.22. The third-order valence-electron chi connectivity index (χ3n) is 4.26. The summed E-state index contributed by atoms with van der Waals surface area (Å²) >= 11 is 1.70. The van der Waals surface area contributed by atoms with Crippen molar-refractivity contribution in [2.24, 2.45) is 0 Å². The number of rotatable bonds is 4. The van der Waals surface area contributed by atoms with Gasteiger partial charge in [0.1, 0.15) is 0 Å². The van der Waals surface area contributed by atoms with Crippen molar-refractivity contribution in [1.82, 2.24) is 9.80 Å². The number of aryl methyl sites for hydroxylation is 2. The van der Waals surface area contributed by atoms with Crippen LogP contribution in [0.1, 0.15) is 11.1 Å². The number of benzene rings is 2.